The van der Waals surface area contributed by atoms with Gasteiger partial charge in [0.1, 0.15) is 0 Å². The number of hydrazone groups is 1. The topological polar surface area (TPSA) is 123 Å². The highest BCUT2D eigenvalue weighted by atomic mass is 16.6. The molecule has 4 aliphatic rings. The number of carbonyl (C=O) groups is 1. The second kappa shape index (κ2) is 11.9. The molecule has 1 aromatic heterocycles. The van der Waals surface area contributed by atoms with Gasteiger partial charge in [-0.2, -0.15) is 20.1 Å². The van der Waals surface area contributed by atoms with Crippen molar-refractivity contribution in [1.82, 2.24) is 15.0 Å². The van der Waals surface area contributed by atoms with Crippen LogP contribution in [0, 0.1) is 23.2 Å². The molecule has 0 saturated heterocycles. The van der Waals surface area contributed by atoms with Crippen molar-refractivity contribution in [3.05, 3.63) is 84.4 Å². The lowest BCUT2D eigenvalue weighted by Crippen LogP contribution is -2.51. The SMILES string of the molecule is COc1cc(/C=N\Nc2nc(Nc3ccccc3)nc(Nc3ccccc3)n2)ccc1OC(=O)C12CC3CC(CC(C3)C1)C2. The van der Waals surface area contributed by atoms with Gasteiger partial charge in [0.2, 0.25) is 17.8 Å². The zero-order valence-corrected chi connectivity index (χ0v) is 24.6. The van der Waals surface area contributed by atoms with Gasteiger partial charge >= 0.3 is 5.97 Å². The number of para-hydroxylation sites is 2. The van der Waals surface area contributed by atoms with Crippen molar-refractivity contribution < 1.29 is 14.3 Å². The average molecular weight is 590 g/mol. The van der Waals surface area contributed by atoms with Gasteiger partial charge in [-0.1, -0.05) is 36.4 Å². The van der Waals surface area contributed by atoms with Crippen LogP contribution >= 0.6 is 0 Å². The fourth-order valence-electron chi connectivity index (χ4n) is 7.42. The molecule has 0 radical (unpaired) electrons. The summed E-state index contributed by atoms with van der Waals surface area (Å²) < 4.78 is 11.6. The van der Waals surface area contributed by atoms with Gasteiger partial charge in [-0.15, -0.1) is 0 Å². The summed E-state index contributed by atoms with van der Waals surface area (Å²) in [6.07, 6.45) is 8.33. The first-order valence-electron chi connectivity index (χ1n) is 15.1. The molecule has 0 amide bonds. The number of carbonyl (C=O) groups excluding carboxylic acids is 1. The smallest absolute Gasteiger partial charge is 0.317 e. The number of nitrogens with one attached hydrogen (secondary N) is 3. The number of esters is 1. The normalized spacial score (nSPS) is 23.3. The molecule has 3 aromatic carbocycles. The largest absolute Gasteiger partial charge is 0.493 e. The fraction of sp³-hybridized carbons (Fsp3) is 0.324. The number of rotatable bonds is 10. The zero-order valence-electron chi connectivity index (χ0n) is 24.6. The van der Waals surface area contributed by atoms with E-state index in [2.05, 4.69) is 36.1 Å². The van der Waals surface area contributed by atoms with Crippen molar-refractivity contribution in [2.75, 3.05) is 23.2 Å². The van der Waals surface area contributed by atoms with Gasteiger partial charge < -0.3 is 20.1 Å². The lowest BCUT2D eigenvalue weighted by molar-refractivity contribution is -0.161. The predicted octanol–water partition coefficient (Wildman–Crippen LogP) is 6.94. The van der Waals surface area contributed by atoms with E-state index in [9.17, 15) is 4.79 Å². The number of hydrogen-bond donors (Lipinski definition) is 3. The van der Waals surface area contributed by atoms with Gasteiger partial charge in [-0.05, 0) is 104 Å². The van der Waals surface area contributed by atoms with Crippen LogP contribution in [0.1, 0.15) is 44.1 Å². The third kappa shape index (κ3) is 6.06. The summed E-state index contributed by atoms with van der Waals surface area (Å²) in [4.78, 5) is 27.0. The maximum Gasteiger partial charge on any atom is 0.317 e. The number of benzene rings is 3. The van der Waals surface area contributed by atoms with E-state index < -0.39 is 0 Å². The van der Waals surface area contributed by atoms with Crippen molar-refractivity contribution in [1.29, 1.82) is 0 Å². The lowest BCUT2D eigenvalue weighted by atomic mass is 9.49. The Balaban J connectivity index is 1.05. The molecule has 3 N–H and O–H groups in total. The van der Waals surface area contributed by atoms with Crippen molar-refractivity contribution in [3.8, 4) is 11.5 Å². The molecule has 1 heterocycles. The first kappa shape index (κ1) is 27.8. The molecule has 0 aliphatic heterocycles. The molecular weight excluding hydrogens is 554 g/mol. The molecule has 4 fully saturated rings. The van der Waals surface area contributed by atoms with Gasteiger partial charge in [0.15, 0.2) is 11.5 Å². The highest BCUT2D eigenvalue weighted by Gasteiger charge is 2.55. The Kier molecular flexibility index (Phi) is 7.55. The maximum atomic E-state index is 13.5. The third-order valence-electron chi connectivity index (χ3n) is 8.94. The highest BCUT2D eigenvalue weighted by molar-refractivity contribution is 5.83. The predicted molar refractivity (Wildman–Crippen MR) is 170 cm³/mol. The second-order valence-corrected chi connectivity index (χ2v) is 12.2. The van der Waals surface area contributed by atoms with Crippen LogP contribution in [0.5, 0.6) is 11.5 Å². The van der Waals surface area contributed by atoms with Crippen molar-refractivity contribution in [2.45, 2.75) is 38.5 Å². The summed E-state index contributed by atoms with van der Waals surface area (Å²) in [5.74, 6) is 3.78. The zero-order chi connectivity index (χ0) is 29.9. The second-order valence-electron chi connectivity index (χ2n) is 12.2. The molecular formula is C34H35N7O3. The summed E-state index contributed by atoms with van der Waals surface area (Å²) in [5.41, 5.74) is 5.01. The first-order valence-corrected chi connectivity index (χ1v) is 15.1. The van der Waals surface area contributed by atoms with Crippen LogP contribution in [0.4, 0.5) is 29.2 Å². The number of anilines is 5. The molecule has 4 bridgehead atoms. The number of hydrogen-bond acceptors (Lipinski definition) is 10. The molecule has 0 spiro atoms. The van der Waals surface area contributed by atoms with E-state index in [0.29, 0.717) is 41.1 Å². The molecule has 4 aromatic rings. The summed E-state index contributed by atoms with van der Waals surface area (Å²) in [6.45, 7) is 0. The summed E-state index contributed by atoms with van der Waals surface area (Å²) in [7, 11) is 1.57. The van der Waals surface area contributed by atoms with E-state index in [1.165, 1.54) is 19.3 Å². The molecule has 4 saturated carbocycles. The molecule has 44 heavy (non-hydrogen) atoms. The summed E-state index contributed by atoms with van der Waals surface area (Å²) >= 11 is 0. The van der Waals surface area contributed by atoms with Crippen molar-refractivity contribution in [3.63, 3.8) is 0 Å². The number of ether oxygens (including phenoxy) is 2. The van der Waals surface area contributed by atoms with Crippen LogP contribution in [0.25, 0.3) is 0 Å². The van der Waals surface area contributed by atoms with E-state index in [-0.39, 0.29) is 17.3 Å². The van der Waals surface area contributed by atoms with E-state index in [1.54, 1.807) is 25.5 Å². The van der Waals surface area contributed by atoms with Gasteiger partial charge in [-0.25, -0.2) is 5.43 Å². The van der Waals surface area contributed by atoms with Crippen LogP contribution in [0.2, 0.25) is 0 Å². The number of methoxy groups -OCH3 is 1. The van der Waals surface area contributed by atoms with E-state index >= 15 is 0 Å². The van der Waals surface area contributed by atoms with Gasteiger partial charge in [0.25, 0.3) is 0 Å². The third-order valence-corrected chi connectivity index (χ3v) is 8.94. The van der Waals surface area contributed by atoms with Gasteiger partial charge in [0.05, 0.1) is 18.7 Å². The summed E-state index contributed by atoms with van der Waals surface area (Å²) in [6, 6.07) is 24.7. The van der Waals surface area contributed by atoms with Crippen LogP contribution in [-0.2, 0) is 4.79 Å². The molecule has 224 valence electrons. The molecule has 0 atom stereocenters. The number of aromatic nitrogens is 3. The quantitative estimate of drug-likeness (QED) is 0.0781. The minimum atomic E-state index is -0.337. The standard InChI is InChI=1S/C34H35N7O3/c1-43-29-17-22(12-13-28(29)44-30(42)34-18-23-14-24(19-34)16-25(15-23)20-34)21-35-41-33-39-31(36-26-8-4-2-5-9-26)38-32(40-33)37-27-10-6-3-7-11-27/h2-13,17,21,23-25H,14-16,18-20H2,1H3,(H3,36,37,38,39,40,41)/b35-21-. The van der Waals surface area contributed by atoms with E-state index in [4.69, 9.17) is 9.47 Å². The Morgan fingerprint density at radius 2 is 1.32 bits per heavy atom. The summed E-state index contributed by atoms with van der Waals surface area (Å²) in [5, 5.41) is 10.8. The molecule has 0 unspecified atom stereocenters. The van der Waals surface area contributed by atoms with Crippen LogP contribution in [0.15, 0.2) is 84.0 Å². The fourth-order valence-corrected chi connectivity index (χ4v) is 7.42. The van der Waals surface area contributed by atoms with E-state index in [0.717, 1.165) is 36.2 Å². The van der Waals surface area contributed by atoms with Crippen molar-refractivity contribution in [2.24, 2.45) is 28.3 Å². The molecule has 4 aliphatic carbocycles. The first-order chi connectivity index (χ1) is 21.5. The Morgan fingerprint density at radius 3 is 1.86 bits per heavy atom. The Bertz CT molecular complexity index is 1570. The minimum Gasteiger partial charge on any atom is -0.493 e. The number of nitrogens with zero attached hydrogens (tertiary/aromatic N) is 4. The minimum absolute atomic E-state index is 0.104. The monoisotopic (exact) mass is 589 g/mol. The Morgan fingerprint density at radius 1 is 0.773 bits per heavy atom. The average Bonchev–Trinajstić information content (AvgIpc) is 3.02. The van der Waals surface area contributed by atoms with Crippen LogP contribution in [0.3, 0.4) is 0 Å². The highest BCUT2D eigenvalue weighted by Crippen LogP contribution is 2.60. The molecule has 10 nitrogen and oxygen atoms in total. The molecule has 8 rings (SSSR count). The van der Waals surface area contributed by atoms with Gasteiger partial charge in [0, 0.05) is 11.4 Å². The van der Waals surface area contributed by atoms with E-state index in [1.807, 2.05) is 66.7 Å². The van der Waals surface area contributed by atoms with Gasteiger partial charge in [-0.3, -0.25) is 4.79 Å². The van der Waals surface area contributed by atoms with Crippen LogP contribution < -0.4 is 25.5 Å². The maximum absolute atomic E-state index is 13.5. The lowest BCUT2D eigenvalue weighted by Gasteiger charge is -2.55. The Hall–Kier alpha value is -4.99. The van der Waals surface area contributed by atoms with Crippen molar-refractivity contribution >= 4 is 41.4 Å². The Labute approximate surface area is 256 Å². The molecule has 10 heteroatoms. The van der Waals surface area contributed by atoms with Crippen LogP contribution in [-0.4, -0.2) is 34.2 Å².